The quantitative estimate of drug-likeness (QED) is 0.686. The number of fused-ring (bicyclic) bond motifs is 3. The molecule has 168 valence electrons. The second-order valence-electron chi connectivity index (χ2n) is 10.0. The van der Waals surface area contributed by atoms with Gasteiger partial charge in [0, 0.05) is 12.1 Å². The third kappa shape index (κ3) is 3.81. The van der Waals surface area contributed by atoms with Crippen molar-refractivity contribution in [3.05, 3.63) is 23.2 Å². The van der Waals surface area contributed by atoms with Crippen LogP contribution >= 0.6 is 11.3 Å². The van der Waals surface area contributed by atoms with Crippen molar-refractivity contribution in [3.63, 3.8) is 0 Å². The highest BCUT2D eigenvalue weighted by molar-refractivity contribution is 7.17. The number of nitrogens with one attached hydrogen (secondary N) is 1. The van der Waals surface area contributed by atoms with Gasteiger partial charge in [0.2, 0.25) is 5.91 Å². The Balaban J connectivity index is 1.48. The van der Waals surface area contributed by atoms with E-state index in [1.165, 1.54) is 38.5 Å². The predicted octanol–water partition coefficient (Wildman–Crippen LogP) is 5.48. The zero-order valence-corrected chi connectivity index (χ0v) is 19.5. The molecule has 1 atom stereocenters. The minimum atomic E-state index is -0.845. The summed E-state index contributed by atoms with van der Waals surface area (Å²) in [7, 11) is 0. The molecular formula is C25H35N3O2S. The summed E-state index contributed by atoms with van der Waals surface area (Å²) in [6, 6.07) is 4.51. The number of carbonyl (C=O) groups excluding carboxylic acids is 2. The topological polar surface area (TPSA) is 54.3 Å². The molecular weight excluding hydrogens is 406 g/mol. The smallest absolute Gasteiger partial charge is 0.271 e. The van der Waals surface area contributed by atoms with Gasteiger partial charge in [-0.3, -0.25) is 9.59 Å². The van der Waals surface area contributed by atoms with Crippen molar-refractivity contribution >= 4 is 33.4 Å². The van der Waals surface area contributed by atoms with Crippen molar-refractivity contribution in [2.45, 2.75) is 108 Å². The Bertz CT molecular complexity index is 949. The van der Waals surface area contributed by atoms with Crippen LogP contribution in [0.15, 0.2) is 17.5 Å². The van der Waals surface area contributed by atoms with Gasteiger partial charge in [-0.05, 0) is 50.1 Å². The highest BCUT2D eigenvalue weighted by atomic mass is 32.1. The largest absolute Gasteiger partial charge is 0.351 e. The molecule has 5 rings (SSSR count). The van der Waals surface area contributed by atoms with Gasteiger partial charge in [-0.25, -0.2) is 0 Å². The molecule has 3 heterocycles. The van der Waals surface area contributed by atoms with Gasteiger partial charge in [-0.2, -0.15) is 0 Å². The third-order valence-electron chi connectivity index (χ3n) is 7.83. The van der Waals surface area contributed by atoms with Crippen LogP contribution in [0.25, 0.3) is 10.2 Å². The Morgan fingerprint density at radius 2 is 1.68 bits per heavy atom. The van der Waals surface area contributed by atoms with E-state index in [0.717, 1.165) is 54.4 Å². The number of hydrogen-bond acceptors (Lipinski definition) is 3. The van der Waals surface area contributed by atoms with E-state index < -0.39 is 5.54 Å². The van der Waals surface area contributed by atoms with Crippen LogP contribution in [0.5, 0.6) is 0 Å². The molecule has 1 N–H and O–H groups in total. The van der Waals surface area contributed by atoms with Gasteiger partial charge in [0.05, 0.1) is 16.8 Å². The molecule has 0 aromatic carbocycles. The predicted molar refractivity (Wildman–Crippen MR) is 126 cm³/mol. The molecule has 2 saturated carbocycles. The molecule has 31 heavy (non-hydrogen) atoms. The summed E-state index contributed by atoms with van der Waals surface area (Å²) < 4.78 is 3.24. The second kappa shape index (κ2) is 8.61. The average Bonchev–Trinajstić information content (AvgIpc) is 3.33. The first-order chi connectivity index (χ1) is 15.1. The molecule has 2 aromatic heterocycles. The summed E-state index contributed by atoms with van der Waals surface area (Å²) in [6.45, 7) is 2.56. The first-order valence-corrected chi connectivity index (χ1v) is 13.2. The van der Waals surface area contributed by atoms with Crippen LogP contribution in [-0.4, -0.2) is 38.9 Å². The summed E-state index contributed by atoms with van der Waals surface area (Å²) in [6.07, 6.45) is 13.9. The normalized spacial score (nSPS) is 26.5. The molecule has 2 fully saturated rings. The van der Waals surface area contributed by atoms with Crippen molar-refractivity contribution in [2.24, 2.45) is 0 Å². The van der Waals surface area contributed by atoms with E-state index in [1.54, 1.807) is 11.3 Å². The summed E-state index contributed by atoms with van der Waals surface area (Å²) in [5, 5.41) is 5.48. The highest BCUT2D eigenvalue weighted by Crippen LogP contribution is 2.38. The van der Waals surface area contributed by atoms with Crippen LogP contribution in [0.2, 0.25) is 0 Å². The lowest BCUT2D eigenvalue weighted by Crippen LogP contribution is -2.67. The van der Waals surface area contributed by atoms with E-state index in [1.807, 2.05) is 17.9 Å². The third-order valence-corrected chi connectivity index (χ3v) is 8.68. The SMILES string of the molecule is C[C@]1(C(=O)NC2CCCCCCC2)Cn2c(cc3sccc32)C(=O)N1C1CCCCC1. The van der Waals surface area contributed by atoms with Crippen molar-refractivity contribution in [1.82, 2.24) is 14.8 Å². The van der Waals surface area contributed by atoms with Crippen LogP contribution in [0.1, 0.15) is 94.5 Å². The van der Waals surface area contributed by atoms with Crippen LogP contribution in [-0.2, 0) is 11.3 Å². The first-order valence-electron chi connectivity index (χ1n) is 12.3. The Hall–Kier alpha value is -1.82. The number of rotatable bonds is 3. The molecule has 1 aliphatic heterocycles. The summed E-state index contributed by atoms with van der Waals surface area (Å²) in [5.74, 6) is 0.0802. The number of nitrogens with zero attached hydrogens (tertiary/aromatic N) is 2. The molecule has 0 radical (unpaired) electrons. The molecule has 0 spiro atoms. The minimum Gasteiger partial charge on any atom is -0.351 e. The van der Waals surface area contributed by atoms with Crippen molar-refractivity contribution < 1.29 is 9.59 Å². The monoisotopic (exact) mass is 441 g/mol. The molecule has 0 unspecified atom stereocenters. The lowest BCUT2D eigenvalue weighted by Gasteiger charge is -2.49. The van der Waals surface area contributed by atoms with E-state index in [-0.39, 0.29) is 23.9 Å². The first kappa shape index (κ1) is 21.0. The van der Waals surface area contributed by atoms with Gasteiger partial charge in [-0.15, -0.1) is 11.3 Å². The van der Waals surface area contributed by atoms with E-state index in [2.05, 4.69) is 21.3 Å². The van der Waals surface area contributed by atoms with Crippen LogP contribution in [0.3, 0.4) is 0 Å². The van der Waals surface area contributed by atoms with E-state index in [0.29, 0.717) is 6.54 Å². The number of amides is 2. The van der Waals surface area contributed by atoms with Crippen LogP contribution in [0.4, 0.5) is 0 Å². The summed E-state index contributed by atoms with van der Waals surface area (Å²) in [4.78, 5) is 29.7. The molecule has 5 nitrogen and oxygen atoms in total. The van der Waals surface area contributed by atoms with Gasteiger partial charge < -0.3 is 14.8 Å². The Labute approximate surface area is 189 Å². The van der Waals surface area contributed by atoms with Gasteiger partial charge >= 0.3 is 0 Å². The standard InChI is InChI=1S/C25H35N3O2S/c1-25(24(30)26-18-10-6-3-2-4-7-11-18)17-27-20-14-15-31-22(20)16-21(27)23(29)28(25)19-12-8-5-9-13-19/h14-16,18-19H,2-13,17H2,1H3,(H,26,30)/t25-/m1/s1. The van der Waals surface area contributed by atoms with Gasteiger partial charge in [0.25, 0.3) is 5.91 Å². The van der Waals surface area contributed by atoms with E-state index >= 15 is 0 Å². The molecule has 0 saturated heterocycles. The summed E-state index contributed by atoms with van der Waals surface area (Å²) >= 11 is 1.67. The maximum Gasteiger partial charge on any atom is 0.271 e. The fourth-order valence-corrected chi connectivity index (χ4v) is 6.91. The number of hydrogen-bond donors (Lipinski definition) is 1. The highest BCUT2D eigenvalue weighted by Gasteiger charge is 2.50. The maximum absolute atomic E-state index is 13.9. The van der Waals surface area contributed by atoms with E-state index in [9.17, 15) is 9.59 Å². The van der Waals surface area contributed by atoms with Crippen molar-refractivity contribution in [3.8, 4) is 0 Å². The molecule has 2 amide bonds. The zero-order chi connectivity index (χ0) is 21.4. The lowest BCUT2D eigenvalue weighted by molar-refractivity contribution is -0.135. The van der Waals surface area contributed by atoms with Crippen molar-refractivity contribution in [1.29, 1.82) is 0 Å². The minimum absolute atomic E-state index is 0.0388. The molecule has 2 aromatic rings. The molecule has 0 bridgehead atoms. The van der Waals surface area contributed by atoms with Crippen LogP contribution < -0.4 is 5.32 Å². The number of carbonyl (C=O) groups is 2. The average molecular weight is 442 g/mol. The Morgan fingerprint density at radius 1 is 1.03 bits per heavy atom. The van der Waals surface area contributed by atoms with Gasteiger partial charge in [-0.1, -0.05) is 51.4 Å². The fourth-order valence-electron chi connectivity index (χ4n) is 6.09. The summed E-state index contributed by atoms with van der Waals surface area (Å²) in [5.41, 5.74) is 0.993. The Morgan fingerprint density at radius 3 is 2.42 bits per heavy atom. The maximum atomic E-state index is 13.9. The second-order valence-corrected chi connectivity index (χ2v) is 11.0. The number of thiophene rings is 1. The fraction of sp³-hybridized carbons (Fsp3) is 0.680. The van der Waals surface area contributed by atoms with Gasteiger partial charge in [0.1, 0.15) is 11.2 Å². The zero-order valence-electron chi connectivity index (χ0n) is 18.7. The van der Waals surface area contributed by atoms with Crippen LogP contribution in [0, 0.1) is 0 Å². The van der Waals surface area contributed by atoms with Crippen molar-refractivity contribution in [2.75, 3.05) is 0 Å². The van der Waals surface area contributed by atoms with E-state index in [4.69, 9.17) is 0 Å². The lowest BCUT2D eigenvalue weighted by atomic mass is 9.86. The number of aromatic nitrogens is 1. The molecule has 6 heteroatoms. The Kier molecular flexibility index (Phi) is 5.84. The molecule has 2 aliphatic carbocycles. The van der Waals surface area contributed by atoms with Gasteiger partial charge in [0.15, 0.2) is 0 Å². The molecule has 3 aliphatic rings.